The molecule has 8 heteroatoms. The lowest BCUT2D eigenvalue weighted by molar-refractivity contribution is -0.0511. The third-order valence-electron chi connectivity index (χ3n) is 5.72. The highest BCUT2D eigenvalue weighted by atomic mass is 16.6. The van der Waals surface area contributed by atoms with Gasteiger partial charge in [-0.15, -0.1) is 0 Å². The quantitative estimate of drug-likeness (QED) is 0.641. The number of nitrogens with zero attached hydrogens (tertiary/aromatic N) is 3. The number of rotatable bonds is 4. The van der Waals surface area contributed by atoms with Crippen molar-refractivity contribution in [3.63, 3.8) is 0 Å². The van der Waals surface area contributed by atoms with Gasteiger partial charge in [0.1, 0.15) is 23.8 Å². The average Bonchev–Trinajstić information content (AvgIpc) is 3.20. The van der Waals surface area contributed by atoms with Crippen molar-refractivity contribution in [3.8, 4) is 0 Å². The van der Waals surface area contributed by atoms with Gasteiger partial charge in [-0.3, -0.25) is 4.57 Å². The number of nitrogens with one attached hydrogen (secondary N) is 1. The fourth-order valence-corrected chi connectivity index (χ4v) is 4.17. The first-order chi connectivity index (χ1) is 13.2. The first kappa shape index (κ1) is 18.6. The second-order valence-corrected chi connectivity index (χ2v) is 7.60. The van der Waals surface area contributed by atoms with Gasteiger partial charge in [-0.25, -0.2) is 9.97 Å². The molecule has 27 heavy (non-hydrogen) atoms. The molecule has 148 valence electrons. The van der Waals surface area contributed by atoms with Gasteiger partial charge in [0.25, 0.3) is 0 Å². The minimum atomic E-state index is -1.15. The van der Waals surface area contributed by atoms with Gasteiger partial charge >= 0.3 is 0 Å². The van der Waals surface area contributed by atoms with E-state index in [1.165, 1.54) is 32.1 Å². The normalized spacial score (nSPS) is 30.3. The lowest BCUT2D eigenvalue weighted by atomic mass is 9.96. The van der Waals surface area contributed by atoms with Gasteiger partial charge in [0.15, 0.2) is 11.9 Å². The number of ether oxygens (including phenoxy) is 1. The summed E-state index contributed by atoms with van der Waals surface area (Å²) >= 11 is 0. The fraction of sp³-hybridized carbons (Fsp3) is 0.684. The highest BCUT2D eigenvalue weighted by molar-refractivity contribution is 5.85. The van der Waals surface area contributed by atoms with E-state index in [1.54, 1.807) is 17.1 Å². The first-order valence-corrected chi connectivity index (χ1v) is 9.89. The van der Waals surface area contributed by atoms with E-state index >= 15 is 0 Å². The molecule has 1 aliphatic carbocycles. The Morgan fingerprint density at radius 1 is 1.07 bits per heavy atom. The molecule has 0 amide bonds. The largest absolute Gasteiger partial charge is 0.394 e. The van der Waals surface area contributed by atoms with E-state index in [-0.39, 0.29) is 6.61 Å². The Kier molecular flexibility index (Phi) is 5.58. The van der Waals surface area contributed by atoms with E-state index < -0.39 is 24.5 Å². The molecule has 4 N–H and O–H groups in total. The summed E-state index contributed by atoms with van der Waals surface area (Å²) in [5.74, 6) is 0. The van der Waals surface area contributed by atoms with Crippen molar-refractivity contribution in [2.75, 3.05) is 11.9 Å². The molecule has 1 saturated carbocycles. The number of aliphatic hydroxyl groups excluding tert-OH is 3. The van der Waals surface area contributed by atoms with Gasteiger partial charge in [0, 0.05) is 12.2 Å². The molecule has 1 saturated heterocycles. The number of aliphatic hydroxyl groups is 3. The van der Waals surface area contributed by atoms with E-state index in [0.29, 0.717) is 11.7 Å². The molecule has 2 aliphatic rings. The molecule has 1 aliphatic heterocycles. The zero-order valence-electron chi connectivity index (χ0n) is 15.4. The van der Waals surface area contributed by atoms with E-state index in [2.05, 4.69) is 15.3 Å². The Bertz CT molecular complexity index is 759. The Hall–Kier alpha value is -1.74. The number of aromatic nitrogens is 3. The highest BCUT2D eigenvalue weighted by Gasteiger charge is 2.44. The summed E-state index contributed by atoms with van der Waals surface area (Å²) in [6.07, 6.45) is 8.05. The lowest BCUT2D eigenvalue weighted by Gasteiger charge is -2.22. The zero-order chi connectivity index (χ0) is 18.8. The third kappa shape index (κ3) is 3.67. The Balaban J connectivity index is 1.58. The molecule has 8 nitrogen and oxygen atoms in total. The number of anilines is 1. The van der Waals surface area contributed by atoms with Crippen molar-refractivity contribution in [1.82, 2.24) is 14.5 Å². The van der Waals surface area contributed by atoms with Gasteiger partial charge in [0.05, 0.1) is 18.6 Å². The Labute approximate surface area is 158 Å². The van der Waals surface area contributed by atoms with Gasteiger partial charge in [-0.2, -0.15) is 0 Å². The van der Waals surface area contributed by atoms with Crippen molar-refractivity contribution >= 4 is 16.9 Å². The SMILES string of the molecule is OC[C@H]1O[C@@H](n2cnc3c(NC4CCCCCCC4)ccnc32)[C@H](O)[C@@H]1O. The molecule has 0 aromatic carbocycles. The van der Waals surface area contributed by atoms with Crippen LogP contribution in [0.2, 0.25) is 0 Å². The number of pyridine rings is 1. The van der Waals surface area contributed by atoms with Gasteiger partial charge in [-0.05, 0) is 18.9 Å². The monoisotopic (exact) mass is 376 g/mol. The first-order valence-electron chi connectivity index (χ1n) is 9.89. The summed E-state index contributed by atoms with van der Waals surface area (Å²) in [5.41, 5.74) is 2.23. The molecule has 0 bridgehead atoms. The predicted octanol–water partition coefficient (Wildman–Crippen LogP) is 1.57. The Morgan fingerprint density at radius 3 is 2.52 bits per heavy atom. The van der Waals surface area contributed by atoms with Crippen LogP contribution in [0.3, 0.4) is 0 Å². The van der Waals surface area contributed by atoms with Crippen LogP contribution in [-0.2, 0) is 4.74 Å². The van der Waals surface area contributed by atoms with Crippen LogP contribution in [0, 0.1) is 0 Å². The zero-order valence-corrected chi connectivity index (χ0v) is 15.4. The van der Waals surface area contributed by atoms with Crippen LogP contribution in [0.15, 0.2) is 18.6 Å². The van der Waals surface area contributed by atoms with Crippen LogP contribution in [0.5, 0.6) is 0 Å². The molecule has 0 radical (unpaired) electrons. The van der Waals surface area contributed by atoms with Crippen LogP contribution >= 0.6 is 0 Å². The molecule has 2 fully saturated rings. The number of hydrogen-bond acceptors (Lipinski definition) is 7. The standard InChI is InChI=1S/C19H28N4O4/c24-10-14-16(25)17(26)19(27-14)23-11-21-15-13(8-9-20-18(15)23)22-12-6-4-2-1-3-5-7-12/h8-9,11-12,14,16-17,19,24-26H,1-7,10H2,(H,20,22)/t14-,16-,17-,19-/m1/s1. The smallest absolute Gasteiger partial charge is 0.165 e. The summed E-state index contributed by atoms with van der Waals surface area (Å²) in [7, 11) is 0. The summed E-state index contributed by atoms with van der Waals surface area (Å²) < 4.78 is 7.25. The van der Waals surface area contributed by atoms with Crippen LogP contribution in [0.4, 0.5) is 5.69 Å². The molecule has 0 unspecified atom stereocenters. The number of imidazole rings is 1. The third-order valence-corrected chi connectivity index (χ3v) is 5.72. The molecule has 2 aromatic heterocycles. The lowest BCUT2D eigenvalue weighted by Crippen LogP contribution is -2.33. The van der Waals surface area contributed by atoms with E-state index in [9.17, 15) is 15.3 Å². The van der Waals surface area contributed by atoms with Crippen molar-refractivity contribution in [2.24, 2.45) is 0 Å². The van der Waals surface area contributed by atoms with Crippen molar-refractivity contribution in [1.29, 1.82) is 0 Å². The maximum atomic E-state index is 10.3. The van der Waals surface area contributed by atoms with Crippen LogP contribution < -0.4 is 5.32 Å². The van der Waals surface area contributed by atoms with Crippen LogP contribution in [0.25, 0.3) is 11.2 Å². The van der Waals surface area contributed by atoms with E-state index in [0.717, 1.165) is 24.0 Å². The maximum Gasteiger partial charge on any atom is 0.165 e. The van der Waals surface area contributed by atoms with E-state index in [4.69, 9.17) is 4.74 Å². The van der Waals surface area contributed by atoms with Gasteiger partial charge in [0.2, 0.25) is 0 Å². The topological polar surface area (TPSA) is 113 Å². The number of hydrogen-bond donors (Lipinski definition) is 4. The van der Waals surface area contributed by atoms with Gasteiger partial charge < -0.3 is 25.4 Å². The summed E-state index contributed by atoms with van der Waals surface area (Å²) in [4.78, 5) is 8.89. The van der Waals surface area contributed by atoms with Crippen LogP contribution in [-0.4, -0.2) is 60.8 Å². The fourth-order valence-electron chi connectivity index (χ4n) is 4.17. The summed E-state index contributed by atoms with van der Waals surface area (Å²) in [5, 5.41) is 33.3. The average molecular weight is 376 g/mol. The minimum Gasteiger partial charge on any atom is -0.394 e. The second kappa shape index (κ2) is 8.10. The molecule has 4 atom stereocenters. The van der Waals surface area contributed by atoms with Crippen molar-refractivity contribution < 1.29 is 20.1 Å². The molecule has 2 aromatic rings. The second-order valence-electron chi connectivity index (χ2n) is 7.60. The number of fused-ring (bicyclic) bond motifs is 1. The summed E-state index contributed by atoms with van der Waals surface area (Å²) in [6, 6.07) is 2.35. The van der Waals surface area contributed by atoms with Crippen molar-refractivity contribution in [3.05, 3.63) is 18.6 Å². The van der Waals surface area contributed by atoms with Crippen molar-refractivity contribution in [2.45, 2.75) is 75.5 Å². The maximum absolute atomic E-state index is 10.3. The molecule has 4 rings (SSSR count). The molecular weight excluding hydrogens is 348 g/mol. The van der Waals surface area contributed by atoms with Crippen LogP contribution in [0.1, 0.15) is 51.2 Å². The molecular formula is C19H28N4O4. The Morgan fingerprint density at radius 2 is 1.81 bits per heavy atom. The van der Waals surface area contributed by atoms with E-state index in [1.807, 2.05) is 6.07 Å². The highest BCUT2D eigenvalue weighted by Crippen LogP contribution is 2.33. The minimum absolute atomic E-state index is 0.358. The molecule has 3 heterocycles. The summed E-state index contributed by atoms with van der Waals surface area (Å²) in [6.45, 7) is -0.358. The predicted molar refractivity (Wildman–Crippen MR) is 100 cm³/mol. The van der Waals surface area contributed by atoms with Gasteiger partial charge in [-0.1, -0.05) is 32.1 Å². The molecule has 0 spiro atoms.